The summed E-state index contributed by atoms with van der Waals surface area (Å²) in [7, 11) is 1.62. The topological polar surface area (TPSA) is 60.7 Å². The van der Waals surface area contributed by atoms with Gasteiger partial charge in [0.05, 0.1) is 26.4 Å². The molecule has 1 atom stereocenters. The summed E-state index contributed by atoms with van der Waals surface area (Å²) in [6.45, 7) is 1.24. The van der Waals surface area contributed by atoms with Gasteiger partial charge < -0.3 is 19.2 Å². The lowest BCUT2D eigenvalue weighted by atomic mass is 9.96. The molecule has 0 radical (unpaired) electrons. The van der Waals surface area contributed by atoms with E-state index in [9.17, 15) is 4.79 Å². The van der Waals surface area contributed by atoms with Crippen molar-refractivity contribution in [2.24, 2.45) is 5.92 Å². The van der Waals surface area contributed by atoms with Crippen LogP contribution in [0, 0.1) is 5.92 Å². The van der Waals surface area contributed by atoms with E-state index in [1.807, 2.05) is 36.4 Å². The Morgan fingerprint density at radius 3 is 3.04 bits per heavy atom. The van der Waals surface area contributed by atoms with Crippen molar-refractivity contribution >= 4 is 16.9 Å². The van der Waals surface area contributed by atoms with Crippen LogP contribution >= 0.6 is 0 Å². The number of carbonyl (C=O) groups excluding carboxylic acids is 1. The average molecular weight is 351 g/mol. The number of amides is 1. The number of benzene rings is 2. The lowest BCUT2D eigenvalue weighted by Gasteiger charge is -2.25. The molecule has 1 unspecified atom stereocenters. The second kappa shape index (κ2) is 7.12. The van der Waals surface area contributed by atoms with E-state index in [-0.39, 0.29) is 5.91 Å². The molecule has 0 spiro atoms. The molecule has 1 N–H and O–H groups in total. The van der Waals surface area contributed by atoms with Crippen LogP contribution in [0.4, 0.5) is 0 Å². The van der Waals surface area contributed by atoms with E-state index in [4.69, 9.17) is 13.9 Å². The maximum atomic E-state index is 12.3. The Kier molecular flexibility index (Phi) is 4.52. The predicted molar refractivity (Wildman–Crippen MR) is 98.6 cm³/mol. The van der Waals surface area contributed by atoms with Gasteiger partial charge in [-0.25, -0.2) is 0 Å². The molecule has 0 saturated heterocycles. The molecule has 0 bridgehead atoms. The van der Waals surface area contributed by atoms with Gasteiger partial charge in [-0.05, 0) is 30.2 Å². The Bertz CT molecular complexity index is 931. The van der Waals surface area contributed by atoms with Crippen molar-refractivity contribution in [3.63, 3.8) is 0 Å². The first-order valence-electron chi connectivity index (χ1n) is 8.74. The lowest BCUT2D eigenvalue weighted by molar-refractivity contribution is -0.120. The fourth-order valence-corrected chi connectivity index (χ4v) is 3.34. The number of rotatable bonds is 5. The van der Waals surface area contributed by atoms with Gasteiger partial charge in [0.15, 0.2) is 0 Å². The van der Waals surface area contributed by atoms with Crippen LogP contribution in [0.1, 0.15) is 11.1 Å². The molecule has 5 heteroatoms. The summed E-state index contributed by atoms with van der Waals surface area (Å²) in [5.74, 6) is 1.97. The zero-order valence-corrected chi connectivity index (χ0v) is 14.7. The van der Waals surface area contributed by atoms with Crippen LogP contribution in [-0.2, 0) is 17.6 Å². The minimum absolute atomic E-state index is 0.0117. The molecule has 0 saturated carbocycles. The molecule has 26 heavy (non-hydrogen) atoms. The van der Waals surface area contributed by atoms with Gasteiger partial charge in [-0.15, -0.1) is 0 Å². The van der Waals surface area contributed by atoms with Crippen molar-refractivity contribution in [3.05, 3.63) is 59.9 Å². The number of hydrogen-bond donors (Lipinski definition) is 1. The van der Waals surface area contributed by atoms with Crippen molar-refractivity contribution in [3.8, 4) is 11.5 Å². The summed E-state index contributed by atoms with van der Waals surface area (Å²) in [5, 5.41) is 3.96. The average Bonchev–Trinajstić information content (AvgIpc) is 3.08. The molecular weight excluding hydrogens is 330 g/mol. The maximum Gasteiger partial charge on any atom is 0.224 e. The first kappa shape index (κ1) is 16.5. The van der Waals surface area contributed by atoms with Gasteiger partial charge in [0.1, 0.15) is 17.1 Å². The number of furan rings is 1. The molecule has 0 fully saturated rings. The molecule has 1 amide bonds. The van der Waals surface area contributed by atoms with Crippen LogP contribution in [0.25, 0.3) is 11.0 Å². The highest BCUT2D eigenvalue weighted by Crippen LogP contribution is 2.27. The summed E-state index contributed by atoms with van der Waals surface area (Å²) < 4.78 is 16.5. The summed E-state index contributed by atoms with van der Waals surface area (Å²) >= 11 is 0. The SMILES string of the molecule is COc1ccc2c(CC(=O)NCC3COc4ccccc4C3)coc2c1. The van der Waals surface area contributed by atoms with E-state index in [1.54, 1.807) is 13.4 Å². The van der Waals surface area contributed by atoms with Crippen LogP contribution in [0.3, 0.4) is 0 Å². The smallest absolute Gasteiger partial charge is 0.224 e. The first-order valence-corrected chi connectivity index (χ1v) is 8.74. The fourth-order valence-electron chi connectivity index (χ4n) is 3.34. The Hall–Kier alpha value is -2.95. The molecule has 134 valence electrons. The van der Waals surface area contributed by atoms with E-state index in [0.29, 0.717) is 25.5 Å². The molecule has 1 aromatic heterocycles. The molecule has 0 aliphatic carbocycles. The quantitative estimate of drug-likeness (QED) is 0.766. The highest BCUT2D eigenvalue weighted by molar-refractivity contribution is 5.88. The summed E-state index contributed by atoms with van der Waals surface area (Å²) in [6.07, 6.45) is 2.86. The van der Waals surface area contributed by atoms with Gasteiger partial charge >= 0.3 is 0 Å². The van der Waals surface area contributed by atoms with Crippen molar-refractivity contribution in [2.45, 2.75) is 12.8 Å². The molecule has 5 nitrogen and oxygen atoms in total. The van der Waals surface area contributed by atoms with Crippen LogP contribution in [-0.4, -0.2) is 26.2 Å². The number of fused-ring (bicyclic) bond motifs is 2. The Labute approximate surface area is 151 Å². The van der Waals surface area contributed by atoms with Crippen LogP contribution in [0.15, 0.2) is 53.1 Å². The standard InChI is InChI=1S/C21H21NO4/c1-24-17-6-7-18-16(13-26-20(18)10-17)9-21(23)22-11-14-8-15-4-2-3-5-19(15)25-12-14/h2-7,10,13-14H,8-9,11-12H2,1H3,(H,22,23). The number of hydrogen-bond acceptors (Lipinski definition) is 4. The molecule has 4 rings (SSSR count). The zero-order chi connectivity index (χ0) is 17.9. The van der Waals surface area contributed by atoms with E-state index in [2.05, 4.69) is 11.4 Å². The van der Waals surface area contributed by atoms with Gasteiger partial charge in [-0.1, -0.05) is 18.2 Å². The summed E-state index contributed by atoms with van der Waals surface area (Å²) in [5.41, 5.74) is 2.81. The van der Waals surface area contributed by atoms with Gasteiger partial charge in [0, 0.05) is 29.5 Å². The van der Waals surface area contributed by atoms with Gasteiger partial charge in [-0.2, -0.15) is 0 Å². The minimum Gasteiger partial charge on any atom is -0.497 e. The Balaban J connectivity index is 1.35. The van der Waals surface area contributed by atoms with E-state index < -0.39 is 0 Å². The Morgan fingerprint density at radius 1 is 1.27 bits per heavy atom. The van der Waals surface area contributed by atoms with E-state index >= 15 is 0 Å². The van der Waals surface area contributed by atoms with Crippen molar-refractivity contribution in [1.29, 1.82) is 0 Å². The van der Waals surface area contributed by atoms with Crippen molar-refractivity contribution in [2.75, 3.05) is 20.3 Å². The third-order valence-corrected chi connectivity index (χ3v) is 4.76. The highest BCUT2D eigenvalue weighted by atomic mass is 16.5. The number of carbonyl (C=O) groups is 1. The van der Waals surface area contributed by atoms with Gasteiger partial charge in [0.25, 0.3) is 0 Å². The van der Waals surface area contributed by atoms with E-state index in [1.165, 1.54) is 5.56 Å². The van der Waals surface area contributed by atoms with Crippen molar-refractivity contribution in [1.82, 2.24) is 5.32 Å². The second-order valence-corrected chi connectivity index (χ2v) is 6.59. The molecular formula is C21H21NO4. The Morgan fingerprint density at radius 2 is 2.15 bits per heavy atom. The molecule has 1 aliphatic rings. The molecule has 2 aromatic carbocycles. The largest absolute Gasteiger partial charge is 0.497 e. The first-order chi connectivity index (χ1) is 12.7. The minimum atomic E-state index is -0.0117. The monoisotopic (exact) mass is 351 g/mol. The highest BCUT2D eigenvalue weighted by Gasteiger charge is 2.20. The summed E-state index contributed by atoms with van der Waals surface area (Å²) in [4.78, 5) is 12.3. The molecule has 1 aliphatic heterocycles. The van der Waals surface area contributed by atoms with Gasteiger partial charge in [0.2, 0.25) is 5.91 Å². The summed E-state index contributed by atoms with van der Waals surface area (Å²) in [6, 6.07) is 13.7. The second-order valence-electron chi connectivity index (χ2n) is 6.59. The normalized spacial score (nSPS) is 16.0. The molecule has 2 heterocycles. The van der Waals surface area contributed by atoms with Crippen LogP contribution in [0.5, 0.6) is 11.5 Å². The predicted octanol–water partition coefficient (Wildman–Crippen LogP) is 3.35. The van der Waals surface area contributed by atoms with Crippen LogP contribution < -0.4 is 14.8 Å². The molecule has 3 aromatic rings. The zero-order valence-electron chi connectivity index (χ0n) is 14.7. The van der Waals surface area contributed by atoms with Crippen molar-refractivity contribution < 1.29 is 18.7 Å². The number of ether oxygens (including phenoxy) is 2. The fraction of sp³-hybridized carbons (Fsp3) is 0.286. The third kappa shape index (κ3) is 3.38. The third-order valence-electron chi connectivity index (χ3n) is 4.76. The van der Waals surface area contributed by atoms with E-state index in [0.717, 1.165) is 34.5 Å². The number of para-hydroxylation sites is 1. The number of nitrogens with one attached hydrogen (secondary N) is 1. The van der Waals surface area contributed by atoms with Crippen LogP contribution in [0.2, 0.25) is 0 Å². The lowest BCUT2D eigenvalue weighted by Crippen LogP contribution is -2.35. The maximum absolute atomic E-state index is 12.3. The van der Waals surface area contributed by atoms with Gasteiger partial charge in [-0.3, -0.25) is 4.79 Å². The number of methoxy groups -OCH3 is 1.